The number of urea groups is 1. The fourth-order valence-electron chi connectivity index (χ4n) is 7.46. The third-order valence-electron chi connectivity index (χ3n) is 11.1. The first-order valence-electron chi connectivity index (χ1n) is 24.6. The van der Waals surface area contributed by atoms with Crippen LogP contribution in [-0.2, 0) is 44.6 Å². The lowest BCUT2D eigenvalue weighted by Crippen LogP contribution is -2.43. The molecule has 4 atom stereocenters. The smallest absolute Gasteiger partial charge is 0.407 e. The van der Waals surface area contributed by atoms with Crippen LogP contribution >= 0.6 is 11.8 Å². The molecule has 0 spiro atoms. The number of hydrogen-bond donors (Lipinski definition) is 6. The van der Waals surface area contributed by atoms with Crippen LogP contribution < -0.4 is 36.6 Å². The van der Waals surface area contributed by atoms with Gasteiger partial charge in [0.1, 0.15) is 17.9 Å². The largest absolute Gasteiger partial charge is 0.480 e. The predicted molar refractivity (Wildman–Crippen MR) is 264 cm³/mol. The molecule has 0 bridgehead atoms. The maximum Gasteiger partial charge on any atom is 0.407 e. The summed E-state index contributed by atoms with van der Waals surface area (Å²) >= 11 is 1.81. The van der Waals surface area contributed by atoms with Gasteiger partial charge in [-0.25, -0.2) is 23.1 Å². The number of aromatic nitrogens is 3. The first-order chi connectivity index (χ1) is 35.1. The summed E-state index contributed by atoms with van der Waals surface area (Å²) in [6.07, 6.45) is 6.36. The van der Waals surface area contributed by atoms with Crippen LogP contribution in [0.2, 0.25) is 0 Å². The summed E-state index contributed by atoms with van der Waals surface area (Å²) < 4.78 is 62.3. The highest BCUT2D eigenvalue weighted by Crippen LogP contribution is 2.37. The van der Waals surface area contributed by atoms with Crippen molar-refractivity contribution in [2.24, 2.45) is 0 Å². The van der Waals surface area contributed by atoms with E-state index in [1.165, 1.54) is 22.9 Å². The molecule has 0 radical (unpaired) electrons. The van der Waals surface area contributed by atoms with Crippen molar-refractivity contribution in [2.75, 3.05) is 72.6 Å². The molecular formula is C49H69F2N9O12S. The molecule has 21 nitrogen and oxygen atoms in total. The van der Waals surface area contributed by atoms with Gasteiger partial charge in [0, 0.05) is 36.7 Å². The van der Waals surface area contributed by atoms with E-state index in [9.17, 15) is 37.5 Å². The van der Waals surface area contributed by atoms with Gasteiger partial charge in [0.15, 0.2) is 23.2 Å². The molecule has 6 N–H and O–H groups in total. The lowest BCUT2D eigenvalue weighted by Gasteiger charge is -2.20. The van der Waals surface area contributed by atoms with Crippen molar-refractivity contribution >= 4 is 47.4 Å². The minimum Gasteiger partial charge on any atom is -0.480 e. The molecule has 0 aliphatic carbocycles. The Morgan fingerprint density at radius 3 is 2.21 bits per heavy atom. The Hall–Kier alpha value is -5.95. The summed E-state index contributed by atoms with van der Waals surface area (Å²) in [7, 11) is 0. The maximum atomic E-state index is 14.2. The number of amides is 6. The number of nitrogens with one attached hydrogen (secondary N) is 6. The third kappa shape index (κ3) is 22.0. The monoisotopic (exact) mass is 1050 g/mol. The minimum atomic E-state index is -1.10. The maximum absolute atomic E-state index is 14.2. The van der Waals surface area contributed by atoms with Crippen LogP contribution in [0.5, 0.6) is 5.75 Å². The Labute approximate surface area is 428 Å². The lowest BCUT2D eigenvalue weighted by atomic mass is 10.0. The van der Waals surface area contributed by atoms with E-state index in [1.54, 1.807) is 39.1 Å². The van der Waals surface area contributed by atoms with Gasteiger partial charge >= 0.3 is 12.1 Å². The number of carbonyl (C=O) groups is 6. The number of thioether (sulfide) groups is 1. The molecule has 2 fully saturated rings. The molecule has 402 valence electrons. The quantitative estimate of drug-likeness (QED) is 0.0457. The van der Waals surface area contributed by atoms with Gasteiger partial charge < -0.3 is 60.3 Å². The Morgan fingerprint density at radius 2 is 1.49 bits per heavy atom. The molecule has 6 amide bonds. The molecule has 3 heterocycles. The van der Waals surface area contributed by atoms with Crippen molar-refractivity contribution in [3.63, 3.8) is 0 Å². The highest BCUT2D eigenvalue weighted by atomic mass is 32.2. The number of para-hydroxylation sites is 1. The molecule has 0 unspecified atom stereocenters. The van der Waals surface area contributed by atoms with Crippen molar-refractivity contribution < 1.29 is 66.0 Å². The second-order valence-corrected chi connectivity index (χ2v) is 19.6. The number of unbranched alkanes of at least 4 members (excludes halogenated alkanes) is 2. The van der Waals surface area contributed by atoms with Crippen molar-refractivity contribution in [3.8, 4) is 11.4 Å². The van der Waals surface area contributed by atoms with Crippen LogP contribution in [0, 0.1) is 11.6 Å². The number of halogens is 2. The SMILES string of the molecule is CC(C)(C)OC(=O)NCCCC[C@@H](NC(=O)c1cccc(-n2cc(CNC(=O)CCOCCOCCOCCOCCNC(=O)CCCC[C@H]3C[C@@H]4NC(=O)N[C@@H]4S3)nn2)c1)C(=O)COc1c(F)cccc1F. The van der Waals surface area contributed by atoms with Crippen molar-refractivity contribution in [1.82, 2.24) is 46.9 Å². The highest BCUT2D eigenvalue weighted by molar-refractivity contribution is 8.00. The summed E-state index contributed by atoms with van der Waals surface area (Å²) in [6.45, 7) is 8.01. The summed E-state index contributed by atoms with van der Waals surface area (Å²) in [5, 5.41) is 25.8. The third-order valence-corrected chi connectivity index (χ3v) is 12.6. The number of ketones is 1. The predicted octanol–water partition coefficient (Wildman–Crippen LogP) is 4.25. The van der Waals surface area contributed by atoms with Gasteiger partial charge in [0.25, 0.3) is 5.91 Å². The zero-order valence-electron chi connectivity index (χ0n) is 41.7. The Morgan fingerprint density at radius 1 is 0.808 bits per heavy atom. The Bertz CT molecular complexity index is 2220. The number of hydrogen-bond acceptors (Lipinski definition) is 15. The summed E-state index contributed by atoms with van der Waals surface area (Å²) in [6, 6.07) is 8.58. The number of fused-ring (bicyclic) bond motifs is 1. The van der Waals surface area contributed by atoms with Crippen molar-refractivity contribution in [1.29, 1.82) is 0 Å². The molecule has 3 aromatic rings. The molecule has 5 rings (SSSR count). The summed E-state index contributed by atoms with van der Waals surface area (Å²) in [5.41, 5.74) is 0.423. The van der Waals surface area contributed by atoms with Crippen molar-refractivity contribution in [2.45, 2.75) is 113 Å². The number of carbonyl (C=O) groups excluding carboxylic acids is 6. The number of rotatable bonds is 34. The Kier molecular flexibility index (Phi) is 24.6. The number of ether oxygens (including phenoxy) is 6. The van der Waals surface area contributed by atoms with E-state index < -0.39 is 53.4 Å². The van der Waals surface area contributed by atoms with E-state index in [1.807, 2.05) is 11.8 Å². The van der Waals surface area contributed by atoms with Crippen LogP contribution in [0.4, 0.5) is 18.4 Å². The van der Waals surface area contributed by atoms with Gasteiger partial charge in [-0.3, -0.25) is 19.2 Å². The topological polar surface area (TPSA) is 261 Å². The number of nitrogens with zero attached hydrogens (tertiary/aromatic N) is 3. The zero-order chi connectivity index (χ0) is 52.4. The van der Waals surface area contributed by atoms with Gasteiger partial charge in [-0.1, -0.05) is 23.8 Å². The fourth-order valence-corrected chi connectivity index (χ4v) is 9.04. The van der Waals surface area contributed by atoms with Crippen LogP contribution in [0.25, 0.3) is 5.69 Å². The average Bonchev–Trinajstić information content (AvgIpc) is 4.07. The fraction of sp³-hybridized carbons (Fsp3) is 0.592. The second-order valence-electron chi connectivity index (χ2n) is 18.2. The van der Waals surface area contributed by atoms with Crippen LogP contribution in [0.1, 0.15) is 94.6 Å². The molecule has 24 heteroatoms. The first-order valence-corrected chi connectivity index (χ1v) is 25.5. The van der Waals surface area contributed by atoms with E-state index in [4.69, 9.17) is 28.4 Å². The van der Waals surface area contributed by atoms with Gasteiger partial charge in [-0.2, -0.15) is 0 Å². The zero-order valence-corrected chi connectivity index (χ0v) is 42.5. The molecule has 2 saturated heterocycles. The first kappa shape index (κ1) is 57.9. The number of alkyl carbamates (subject to hydrolysis) is 1. The second kappa shape index (κ2) is 30.9. The van der Waals surface area contributed by atoms with Gasteiger partial charge in [0.05, 0.1) is 88.7 Å². The average molecular weight is 1050 g/mol. The van der Waals surface area contributed by atoms with E-state index in [2.05, 4.69) is 42.2 Å². The molecule has 73 heavy (non-hydrogen) atoms. The molecule has 2 aliphatic heterocycles. The standard InChI is InChI=1S/C49H69F2N9O12S/c1-49(2,3)72-48(66)53-18-7-6-15-39(41(61)32-71-44-37(50)13-9-14-38(44)51)55-45(64)33-10-8-11-35(28-33)60-31-34(58-59-60)30-54-43(63)17-20-67-22-24-69-26-27-70-25-23-68-21-19-52-42(62)16-5-4-12-36-29-40-46(73-36)57-47(65)56-40/h8-11,13-14,28,31,36,39-40,46H,4-7,12,15-27,29-30,32H2,1-3H3,(H,52,62)(H,53,66)(H,54,63)(H,55,64)(H2,56,57,65)/t36-,39+,40-,46+/m0/s1. The van der Waals surface area contributed by atoms with E-state index in [0.29, 0.717) is 88.7 Å². The van der Waals surface area contributed by atoms with E-state index in [0.717, 1.165) is 37.8 Å². The van der Waals surface area contributed by atoms with Gasteiger partial charge in [0.2, 0.25) is 11.8 Å². The molecule has 2 aromatic carbocycles. The number of Topliss-reactive ketones (excluding diaryl/α,β-unsaturated/α-hetero) is 1. The van der Waals surface area contributed by atoms with Crippen LogP contribution in [0.15, 0.2) is 48.7 Å². The van der Waals surface area contributed by atoms with Gasteiger partial charge in [-0.15, -0.1) is 16.9 Å². The van der Waals surface area contributed by atoms with Crippen LogP contribution in [0.3, 0.4) is 0 Å². The van der Waals surface area contributed by atoms with Crippen molar-refractivity contribution in [3.05, 3.63) is 71.6 Å². The van der Waals surface area contributed by atoms with E-state index in [-0.39, 0.29) is 67.4 Å². The normalized spacial score (nSPS) is 16.5. The summed E-state index contributed by atoms with van der Waals surface area (Å²) in [5.74, 6) is -4.14. The van der Waals surface area contributed by atoms with E-state index >= 15 is 0 Å². The van der Waals surface area contributed by atoms with Crippen LogP contribution in [-0.4, -0.2) is 151 Å². The number of benzene rings is 2. The molecular weight excluding hydrogens is 977 g/mol. The summed E-state index contributed by atoms with van der Waals surface area (Å²) in [4.78, 5) is 74.8. The minimum absolute atomic E-state index is 0.0133. The molecule has 0 saturated carbocycles. The molecule has 1 aromatic heterocycles. The molecule has 2 aliphatic rings. The highest BCUT2D eigenvalue weighted by Gasteiger charge is 2.40. The lowest BCUT2D eigenvalue weighted by molar-refractivity contribution is -0.123. The Balaban J connectivity index is 0.888. The van der Waals surface area contributed by atoms with Gasteiger partial charge in [-0.05, 0) is 89.6 Å².